The van der Waals surface area contributed by atoms with Crippen LogP contribution in [0.3, 0.4) is 0 Å². The number of nitrogens with one attached hydrogen (secondary N) is 2. The fourth-order valence-electron chi connectivity index (χ4n) is 1.67. The van der Waals surface area contributed by atoms with Crippen molar-refractivity contribution in [2.75, 3.05) is 11.1 Å². The van der Waals surface area contributed by atoms with E-state index in [1.165, 1.54) is 46.4 Å². The number of aromatic nitrogens is 2. The normalized spacial score (nSPS) is 14.1. The van der Waals surface area contributed by atoms with Crippen molar-refractivity contribution < 1.29 is 4.79 Å². The third-order valence-corrected chi connectivity index (χ3v) is 6.06. The Morgan fingerprint density at radius 1 is 1.48 bits per heavy atom. The smallest absolute Gasteiger partial charge is 0.230 e. The first kappa shape index (κ1) is 14.8. The maximum atomic E-state index is 11.8. The van der Waals surface area contributed by atoms with Crippen LogP contribution in [0.4, 0.5) is 5.13 Å². The third-order valence-electron chi connectivity index (χ3n) is 3.05. The zero-order chi connectivity index (χ0) is 14.7. The van der Waals surface area contributed by atoms with Gasteiger partial charge in [-0.2, -0.15) is 0 Å². The summed E-state index contributed by atoms with van der Waals surface area (Å²) in [6, 6.07) is 2.64. The molecule has 5 nitrogen and oxygen atoms in total. The van der Waals surface area contributed by atoms with Crippen LogP contribution in [0.2, 0.25) is 0 Å². The van der Waals surface area contributed by atoms with E-state index < -0.39 is 0 Å². The van der Waals surface area contributed by atoms with E-state index in [0.29, 0.717) is 18.3 Å². The fraction of sp³-hybridized carbons (Fsp3) is 0.462. The summed E-state index contributed by atoms with van der Waals surface area (Å²) in [5.41, 5.74) is 1.23. The van der Waals surface area contributed by atoms with Crippen molar-refractivity contribution in [2.24, 2.45) is 0 Å². The molecule has 0 aromatic carbocycles. The van der Waals surface area contributed by atoms with Crippen molar-refractivity contribution in [2.45, 2.75) is 36.7 Å². The highest BCUT2D eigenvalue weighted by Gasteiger charge is 2.22. The standard InChI is InChI=1S/C13H16N4OS3/c1-8-4-5-19-10(8)6-14-11(18)7-20-13-17-16-12(21-13)15-9-2-3-9/h4-5,9H,2-3,6-7H2,1H3,(H,14,18)(H,15,16). The molecule has 1 amide bonds. The molecule has 1 aliphatic carbocycles. The van der Waals surface area contributed by atoms with E-state index in [1.807, 2.05) is 5.38 Å². The maximum absolute atomic E-state index is 11.8. The van der Waals surface area contributed by atoms with Crippen LogP contribution in [0.5, 0.6) is 0 Å². The summed E-state index contributed by atoms with van der Waals surface area (Å²) in [5, 5.41) is 17.3. The van der Waals surface area contributed by atoms with Gasteiger partial charge in [0.2, 0.25) is 11.0 Å². The highest BCUT2D eigenvalue weighted by molar-refractivity contribution is 8.01. The predicted molar refractivity (Wildman–Crippen MR) is 88.2 cm³/mol. The second kappa shape index (κ2) is 6.76. The van der Waals surface area contributed by atoms with Crippen molar-refractivity contribution in [1.82, 2.24) is 15.5 Å². The number of amides is 1. The molecule has 0 aliphatic heterocycles. The van der Waals surface area contributed by atoms with Gasteiger partial charge in [0.1, 0.15) is 0 Å². The molecule has 0 atom stereocenters. The number of aryl methyl sites for hydroxylation is 1. The Bertz CT molecular complexity index is 620. The minimum Gasteiger partial charge on any atom is -0.357 e. The summed E-state index contributed by atoms with van der Waals surface area (Å²) < 4.78 is 0.834. The molecule has 112 valence electrons. The lowest BCUT2D eigenvalue weighted by atomic mass is 10.3. The van der Waals surface area contributed by atoms with E-state index >= 15 is 0 Å². The number of carbonyl (C=O) groups is 1. The average molecular weight is 340 g/mol. The molecule has 0 spiro atoms. The molecule has 8 heteroatoms. The molecule has 3 rings (SSSR count). The Kier molecular flexibility index (Phi) is 4.77. The molecule has 2 N–H and O–H groups in total. The van der Waals surface area contributed by atoms with E-state index in [2.05, 4.69) is 33.8 Å². The zero-order valence-electron chi connectivity index (χ0n) is 11.6. The average Bonchev–Trinajstić information content (AvgIpc) is 3.01. The Hall–Kier alpha value is -1.12. The molecular formula is C13H16N4OS3. The Labute approximate surface area is 135 Å². The molecule has 2 heterocycles. The molecule has 1 saturated carbocycles. The maximum Gasteiger partial charge on any atom is 0.230 e. The minimum atomic E-state index is 0.0275. The second-order valence-corrected chi connectivity index (χ2v) is 8.08. The first-order chi connectivity index (χ1) is 10.2. The SMILES string of the molecule is Cc1ccsc1CNC(=O)CSc1nnc(NC2CC2)s1. The van der Waals surface area contributed by atoms with Gasteiger partial charge in [-0.15, -0.1) is 21.5 Å². The highest BCUT2D eigenvalue weighted by atomic mass is 32.2. The van der Waals surface area contributed by atoms with E-state index in [4.69, 9.17) is 0 Å². The first-order valence-corrected chi connectivity index (χ1v) is 9.41. The second-order valence-electron chi connectivity index (χ2n) is 4.88. The summed E-state index contributed by atoms with van der Waals surface area (Å²) in [4.78, 5) is 13.0. The number of hydrogen-bond donors (Lipinski definition) is 2. The van der Waals surface area contributed by atoms with Gasteiger partial charge in [-0.3, -0.25) is 4.79 Å². The van der Waals surface area contributed by atoms with Crippen molar-refractivity contribution in [3.05, 3.63) is 21.9 Å². The molecule has 0 unspecified atom stereocenters. The van der Waals surface area contributed by atoms with Gasteiger partial charge < -0.3 is 10.6 Å². The van der Waals surface area contributed by atoms with Crippen molar-refractivity contribution in [3.63, 3.8) is 0 Å². The van der Waals surface area contributed by atoms with Gasteiger partial charge in [-0.25, -0.2) is 0 Å². The predicted octanol–water partition coefficient (Wildman–Crippen LogP) is 2.89. The molecule has 0 radical (unpaired) electrons. The Morgan fingerprint density at radius 3 is 3.05 bits per heavy atom. The molecule has 0 bridgehead atoms. The Morgan fingerprint density at radius 2 is 2.33 bits per heavy atom. The van der Waals surface area contributed by atoms with Gasteiger partial charge in [0.25, 0.3) is 0 Å². The molecule has 0 saturated heterocycles. The van der Waals surface area contributed by atoms with Gasteiger partial charge in [0.15, 0.2) is 4.34 Å². The molecule has 21 heavy (non-hydrogen) atoms. The minimum absolute atomic E-state index is 0.0275. The van der Waals surface area contributed by atoms with Crippen LogP contribution in [0.25, 0.3) is 0 Å². The summed E-state index contributed by atoms with van der Waals surface area (Å²) >= 11 is 4.62. The number of anilines is 1. The molecule has 1 fully saturated rings. The van der Waals surface area contributed by atoms with Crippen LogP contribution in [-0.2, 0) is 11.3 Å². The largest absolute Gasteiger partial charge is 0.357 e. The molecule has 2 aromatic heterocycles. The van der Waals surface area contributed by atoms with Crippen molar-refractivity contribution in [3.8, 4) is 0 Å². The highest BCUT2D eigenvalue weighted by Crippen LogP contribution is 2.30. The first-order valence-electron chi connectivity index (χ1n) is 6.73. The molecule has 2 aromatic rings. The zero-order valence-corrected chi connectivity index (χ0v) is 14.0. The number of thiophene rings is 1. The van der Waals surface area contributed by atoms with E-state index in [0.717, 1.165) is 9.47 Å². The van der Waals surface area contributed by atoms with Crippen LogP contribution in [-0.4, -0.2) is 27.9 Å². The van der Waals surface area contributed by atoms with Crippen LogP contribution in [0, 0.1) is 6.92 Å². The Balaban J connectivity index is 1.40. The molecular weight excluding hydrogens is 324 g/mol. The number of carbonyl (C=O) groups excluding carboxylic acids is 1. The fourth-order valence-corrected chi connectivity index (χ4v) is 4.18. The summed E-state index contributed by atoms with van der Waals surface area (Å²) in [5.74, 6) is 0.405. The lowest BCUT2D eigenvalue weighted by molar-refractivity contribution is -0.118. The topological polar surface area (TPSA) is 66.9 Å². The monoisotopic (exact) mass is 340 g/mol. The van der Waals surface area contributed by atoms with Crippen LogP contribution >= 0.6 is 34.4 Å². The van der Waals surface area contributed by atoms with Gasteiger partial charge in [0.05, 0.1) is 12.3 Å². The molecule has 1 aliphatic rings. The van der Waals surface area contributed by atoms with E-state index in [-0.39, 0.29) is 5.91 Å². The quantitative estimate of drug-likeness (QED) is 0.759. The van der Waals surface area contributed by atoms with Gasteiger partial charge in [-0.05, 0) is 36.8 Å². The van der Waals surface area contributed by atoms with Gasteiger partial charge >= 0.3 is 0 Å². The summed E-state index contributed by atoms with van der Waals surface area (Å²) in [7, 11) is 0. The van der Waals surface area contributed by atoms with E-state index in [1.54, 1.807) is 11.3 Å². The number of hydrogen-bond acceptors (Lipinski definition) is 7. The van der Waals surface area contributed by atoms with Crippen LogP contribution in [0.15, 0.2) is 15.8 Å². The lowest BCUT2D eigenvalue weighted by Crippen LogP contribution is -2.24. The summed E-state index contributed by atoms with van der Waals surface area (Å²) in [6.07, 6.45) is 2.43. The van der Waals surface area contributed by atoms with Crippen LogP contribution < -0.4 is 10.6 Å². The number of rotatable bonds is 7. The van der Waals surface area contributed by atoms with Gasteiger partial charge in [-0.1, -0.05) is 23.1 Å². The van der Waals surface area contributed by atoms with Crippen molar-refractivity contribution in [1.29, 1.82) is 0 Å². The van der Waals surface area contributed by atoms with E-state index in [9.17, 15) is 4.79 Å². The van der Waals surface area contributed by atoms with Crippen molar-refractivity contribution >= 4 is 45.5 Å². The summed E-state index contributed by atoms with van der Waals surface area (Å²) in [6.45, 7) is 2.66. The van der Waals surface area contributed by atoms with Gasteiger partial charge in [0, 0.05) is 10.9 Å². The number of nitrogens with zero attached hydrogens (tertiary/aromatic N) is 2. The third kappa shape index (κ3) is 4.42. The van der Waals surface area contributed by atoms with Crippen LogP contribution in [0.1, 0.15) is 23.3 Å². The number of thioether (sulfide) groups is 1. The lowest BCUT2D eigenvalue weighted by Gasteiger charge is -2.03.